The van der Waals surface area contributed by atoms with Crippen molar-refractivity contribution in [1.82, 2.24) is 5.32 Å². The molecule has 1 aromatic carbocycles. The summed E-state index contributed by atoms with van der Waals surface area (Å²) in [6.07, 6.45) is 5.10. The van der Waals surface area contributed by atoms with Crippen LogP contribution in [0.2, 0.25) is 0 Å². The summed E-state index contributed by atoms with van der Waals surface area (Å²) >= 11 is 0. The Morgan fingerprint density at radius 2 is 1.85 bits per heavy atom. The van der Waals surface area contributed by atoms with Crippen molar-refractivity contribution in [1.29, 1.82) is 0 Å². The fourth-order valence-electron chi connectivity index (χ4n) is 2.96. The molecule has 0 bridgehead atoms. The van der Waals surface area contributed by atoms with Gasteiger partial charge in [0.2, 0.25) is 0 Å². The molecule has 1 aliphatic carbocycles. The number of ether oxygens (including phenoxy) is 1. The van der Waals surface area contributed by atoms with E-state index in [0.29, 0.717) is 12.0 Å². The molecule has 4 nitrogen and oxygen atoms in total. The van der Waals surface area contributed by atoms with Crippen LogP contribution in [-0.4, -0.2) is 16.7 Å². The van der Waals surface area contributed by atoms with Crippen LogP contribution in [0.1, 0.15) is 37.7 Å². The van der Waals surface area contributed by atoms with Crippen molar-refractivity contribution < 1.29 is 14.6 Å². The van der Waals surface area contributed by atoms with E-state index in [9.17, 15) is 9.90 Å². The second kappa shape index (κ2) is 5.19. The highest BCUT2D eigenvalue weighted by molar-refractivity contribution is 5.95. The number of nitrogens with one attached hydrogen (secondary N) is 1. The third-order valence-electron chi connectivity index (χ3n) is 4.05. The Hall–Kier alpha value is -1.97. The van der Waals surface area contributed by atoms with Gasteiger partial charge in [0.15, 0.2) is 5.72 Å². The van der Waals surface area contributed by atoms with Crippen LogP contribution < -0.4 is 5.32 Å². The summed E-state index contributed by atoms with van der Waals surface area (Å²) in [6, 6.07) is 9.61. The van der Waals surface area contributed by atoms with Gasteiger partial charge in [0.1, 0.15) is 5.57 Å². The van der Waals surface area contributed by atoms with Gasteiger partial charge < -0.3 is 15.2 Å². The minimum absolute atomic E-state index is 0.209. The first-order chi connectivity index (χ1) is 9.69. The van der Waals surface area contributed by atoms with E-state index < -0.39 is 5.72 Å². The summed E-state index contributed by atoms with van der Waals surface area (Å²) in [5.41, 5.74) is 0.611. The summed E-state index contributed by atoms with van der Waals surface area (Å²) in [5, 5.41) is 13.1. The molecule has 1 heterocycles. The van der Waals surface area contributed by atoms with E-state index in [0.717, 1.165) is 37.7 Å². The number of benzene rings is 1. The molecular weight excluding hydrogens is 254 g/mol. The van der Waals surface area contributed by atoms with Gasteiger partial charge in [0.05, 0.1) is 0 Å². The number of carbonyl (C=O) groups excluding carboxylic acids is 1. The van der Waals surface area contributed by atoms with Crippen LogP contribution in [0.5, 0.6) is 0 Å². The average molecular weight is 273 g/mol. The predicted molar refractivity (Wildman–Crippen MR) is 74.8 cm³/mol. The van der Waals surface area contributed by atoms with Gasteiger partial charge in [-0.3, -0.25) is 4.79 Å². The van der Waals surface area contributed by atoms with Crippen LogP contribution in [0.25, 0.3) is 0 Å². The molecule has 1 spiro atoms. The second-order valence-corrected chi connectivity index (χ2v) is 5.56. The first-order valence-electron chi connectivity index (χ1n) is 7.16. The Kier molecular flexibility index (Phi) is 3.38. The summed E-state index contributed by atoms with van der Waals surface area (Å²) in [6.45, 7) is 0. The standard InChI is InChI=1S/C16H19NO3/c18-14-13(11-12-7-3-1-4-8-12)15(19)20-16(17-14)9-5-2-6-10-16/h1,3-4,7-8,19H,2,5-6,9-11H2,(H,17,18). The molecule has 0 aromatic heterocycles. The number of hydrogen-bond acceptors (Lipinski definition) is 3. The lowest BCUT2D eigenvalue weighted by Gasteiger charge is -2.40. The van der Waals surface area contributed by atoms with Gasteiger partial charge in [-0.1, -0.05) is 36.8 Å². The van der Waals surface area contributed by atoms with Crippen molar-refractivity contribution in [3.05, 3.63) is 47.4 Å². The molecule has 1 saturated carbocycles. The van der Waals surface area contributed by atoms with Gasteiger partial charge in [0.25, 0.3) is 11.9 Å². The van der Waals surface area contributed by atoms with E-state index in [1.54, 1.807) is 0 Å². The Bertz CT molecular complexity index is 530. The minimum atomic E-state index is -0.681. The van der Waals surface area contributed by atoms with E-state index in [4.69, 9.17) is 4.74 Å². The number of hydrogen-bond donors (Lipinski definition) is 2. The quantitative estimate of drug-likeness (QED) is 0.871. The van der Waals surface area contributed by atoms with Crippen LogP contribution in [0.4, 0.5) is 0 Å². The molecule has 20 heavy (non-hydrogen) atoms. The van der Waals surface area contributed by atoms with Crippen LogP contribution in [0, 0.1) is 0 Å². The zero-order valence-electron chi connectivity index (χ0n) is 11.4. The average Bonchev–Trinajstić information content (AvgIpc) is 2.45. The molecule has 106 valence electrons. The van der Waals surface area contributed by atoms with Crippen LogP contribution in [0.15, 0.2) is 41.9 Å². The maximum atomic E-state index is 12.3. The number of aliphatic hydroxyl groups is 1. The number of aliphatic hydroxyl groups excluding tert-OH is 1. The molecule has 1 aromatic rings. The number of amides is 1. The first kappa shape index (κ1) is 13.0. The summed E-state index contributed by atoms with van der Waals surface area (Å²) < 4.78 is 5.67. The first-order valence-corrected chi connectivity index (χ1v) is 7.16. The normalized spacial score (nSPS) is 21.5. The maximum absolute atomic E-state index is 12.3. The Morgan fingerprint density at radius 3 is 2.50 bits per heavy atom. The van der Waals surface area contributed by atoms with Crippen molar-refractivity contribution in [3.8, 4) is 0 Å². The maximum Gasteiger partial charge on any atom is 0.288 e. The van der Waals surface area contributed by atoms with Gasteiger partial charge >= 0.3 is 0 Å². The highest BCUT2D eigenvalue weighted by Gasteiger charge is 2.41. The third kappa shape index (κ3) is 2.50. The second-order valence-electron chi connectivity index (χ2n) is 5.56. The number of carbonyl (C=O) groups is 1. The summed E-state index contributed by atoms with van der Waals surface area (Å²) in [4.78, 5) is 12.3. The van der Waals surface area contributed by atoms with Crippen molar-refractivity contribution >= 4 is 5.91 Å². The highest BCUT2D eigenvalue weighted by atomic mass is 16.6. The molecule has 3 rings (SSSR count). The molecular formula is C16H19NO3. The van der Waals surface area contributed by atoms with Gasteiger partial charge in [-0.15, -0.1) is 0 Å². The molecule has 2 aliphatic rings. The minimum Gasteiger partial charge on any atom is -0.481 e. The van der Waals surface area contributed by atoms with E-state index >= 15 is 0 Å². The van der Waals surface area contributed by atoms with E-state index in [2.05, 4.69) is 5.32 Å². The van der Waals surface area contributed by atoms with Gasteiger partial charge in [-0.05, 0) is 18.4 Å². The van der Waals surface area contributed by atoms with Gasteiger partial charge in [0, 0.05) is 19.3 Å². The lowest BCUT2D eigenvalue weighted by molar-refractivity contribution is -0.145. The fraction of sp³-hybridized carbons (Fsp3) is 0.438. The topological polar surface area (TPSA) is 58.6 Å². The lowest BCUT2D eigenvalue weighted by Crippen LogP contribution is -2.55. The summed E-state index contributed by atoms with van der Waals surface area (Å²) in [7, 11) is 0. The SMILES string of the molecule is O=C1NC2(CCCCC2)OC(O)=C1Cc1ccccc1. The van der Waals surface area contributed by atoms with Crippen molar-refractivity contribution in [2.75, 3.05) is 0 Å². The molecule has 0 saturated heterocycles. The van der Waals surface area contributed by atoms with Crippen molar-refractivity contribution in [2.45, 2.75) is 44.2 Å². The largest absolute Gasteiger partial charge is 0.481 e. The monoisotopic (exact) mass is 273 g/mol. The van der Waals surface area contributed by atoms with E-state index in [1.165, 1.54) is 0 Å². The Labute approximate surface area is 118 Å². The molecule has 0 unspecified atom stereocenters. The Balaban J connectivity index is 1.81. The van der Waals surface area contributed by atoms with Crippen LogP contribution in [0.3, 0.4) is 0 Å². The smallest absolute Gasteiger partial charge is 0.288 e. The van der Waals surface area contributed by atoms with Crippen molar-refractivity contribution in [2.24, 2.45) is 0 Å². The zero-order chi connectivity index (χ0) is 14.0. The number of rotatable bonds is 2. The molecule has 4 heteroatoms. The molecule has 0 radical (unpaired) electrons. The molecule has 2 N–H and O–H groups in total. The third-order valence-corrected chi connectivity index (χ3v) is 4.05. The van der Waals surface area contributed by atoms with Crippen molar-refractivity contribution in [3.63, 3.8) is 0 Å². The molecule has 1 amide bonds. The zero-order valence-corrected chi connectivity index (χ0v) is 11.4. The van der Waals surface area contributed by atoms with E-state index in [1.807, 2.05) is 30.3 Å². The predicted octanol–water partition coefficient (Wildman–Crippen LogP) is 2.81. The summed E-state index contributed by atoms with van der Waals surface area (Å²) in [5.74, 6) is -0.418. The molecule has 1 aliphatic heterocycles. The molecule has 1 fully saturated rings. The van der Waals surface area contributed by atoms with E-state index in [-0.39, 0.29) is 11.9 Å². The Morgan fingerprint density at radius 1 is 1.15 bits per heavy atom. The van der Waals surface area contributed by atoms with Crippen LogP contribution >= 0.6 is 0 Å². The van der Waals surface area contributed by atoms with Crippen LogP contribution in [-0.2, 0) is 16.0 Å². The van der Waals surface area contributed by atoms with Gasteiger partial charge in [-0.2, -0.15) is 0 Å². The van der Waals surface area contributed by atoms with Gasteiger partial charge in [-0.25, -0.2) is 0 Å². The highest BCUT2D eigenvalue weighted by Crippen LogP contribution is 2.34. The fourth-order valence-corrected chi connectivity index (χ4v) is 2.96. The lowest BCUT2D eigenvalue weighted by atomic mass is 9.90. The molecule has 0 atom stereocenters.